The minimum absolute atomic E-state index is 0.0102. The van der Waals surface area contributed by atoms with E-state index in [4.69, 9.17) is 14.6 Å². The van der Waals surface area contributed by atoms with E-state index < -0.39 is 12.1 Å². The summed E-state index contributed by atoms with van der Waals surface area (Å²) in [6.07, 6.45) is 1.16. The summed E-state index contributed by atoms with van der Waals surface area (Å²) in [7, 11) is 0. The molecule has 2 aliphatic rings. The summed E-state index contributed by atoms with van der Waals surface area (Å²) in [5.74, 6) is -1.17. The van der Waals surface area contributed by atoms with Crippen LogP contribution in [0, 0.1) is 5.92 Å². The summed E-state index contributed by atoms with van der Waals surface area (Å²) in [5, 5.41) is 11.5. The zero-order valence-corrected chi connectivity index (χ0v) is 19.9. The highest BCUT2D eigenvalue weighted by atomic mass is 16.5. The van der Waals surface area contributed by atoms with Crippen molar-refractivity contribution in [1.29, 1.82) is 0 Å². The molecule has 1 atom stereocenters. The fraction of sp³-hybridized carbons (Fsp3) is 0.444. The third-order valence-electron chi connectivity index (χ3n) is 6.81. The SMILES string of the molecule is CC(CCNC(=O)OCC1c2ccccc2-c2ccccc21)C(=O)N1CCC(OCC(=O)O)CC1. The lowest BCUT2D eigenvalue weighted by Crippen LogP contribution is -2.44. The Bertz CT molecular complexity index is 1020. The standard InChI is InChI=1S/C27H32N2O6/c1-18(26(32)29-14-11-19(12-15-29)34-17-25(30)31)10-13-28-27(33)35-16-24-22-8-4-2-6-20(22)21-7-3-5-9-23(21)24/h2-9,18-19,24H,10-17H2,1H3,(H,28,33)(H,30,31). The monoisotopic (exact) mass is 480 g/mol. The highest BCUT2D eigenvalue weighted by Crippen LogP contribution is 2.44. The van der Waals surface area contributed by atoms with Gasteiger partial charge in [-0.15, -0.1) is 0 Å². The van der Waals surface area contributed by atoms with E-state index in [2.05, 4.69) is 29.6 Å². The maximum absolute atomic E-state index is 12.7. The largest absolute Gasteiger partial charge is 0.480 e. The number of amides is 2. The van der Waals surface area contributed by atoms with Gasteiger partial charge in [0, 0.05) is 31.5 Å². The Morgan fingerprint density at radius 3 is 2.23 bits per heavy atom. The summed E-state index contributed by atoms with van der Waals surface area (Å²) in [4.78, 5) is 37.5. The normalized spacial score (nSPS) is 16.3. The molecular formula is C27H32N2O6. The number of nitrogens with one attached hydrogen (secondary N) is 1. The van der Waals surface area contributed by atoms with Crippen LogP contribution in [-0.4, -0.2) is 66.9 Å². The fourth-order valence-electron chi connectivity index (χ4n) is 4.91. The molecule has 0 saturated carbocycles. The first-order valence-corrected chi connectivity index (χ1v) is 12.1. The van der Waals surface area contributed by atoms with Crippen LogP contribution in [-0.2, 0) is 19.1 Å². The van der Waals surface area contributed by atoms with E-state index in [1.54, 1.807) is 4.90 Å². The number of carbonyl (C=O) groups excluding carboxylic acids is 2. The Kier molecular flexibility index (Phi) is 8.02. The zero-order valence-electron chi connectivity index (χ0n) is 19.9. The van der Waals surface area contributed by atoms with Crippen LogP contribution in [0.15, 0.2) is 48.5 Å². The third kappa shape index (κ3) is 6.00. The Morgan fingerprint density at radius 2 is 1.63 bits per heavy atom. The number of carboxylic acids is 1. The Labute approximate surface area is 205 Å². The van der Waals surface area contributed by atoms with Gasteiger partial charge in [0.05, 0.1) is 6.10 Å². The van der Waals surface area contributed by atoms with E-state index in [0.29, 0.717) is 38.9 Å². The van der Waals surface area contributed by atoms with Crippen molar-refractivity contribution in [3.8, 4) is 11.1 Å². The molecule has 1 unspecified atom stereocenters. The molecule has 0 bridgehead atoms. The fourth-order valence-corrected chi connectivity index (χ4v) is 4.91. The highest BCUT2D eigenvalue weighted by Gasteiger charge is 2.29. The Morgan fingerprint density at radius 1 is 1.03 bits per heavy atom. The topological polar surface area (TPSA) is 105 Å². The molecule has 1 fully saturated rings. The molecule has 1 saturated heterocycles. The number of aliphatic carboxylic acids is 1. The molecule has 4 rings (SSSR count). The molecule has 186 valence electrons. The van der Waals surface area contributed by atoms with Gasteiger partial charge in [-0.3, -0.25) is 4.79 Å². The smallest absolute Gasteiger partial charge is 0.407 e. The van der Waals surface area contributed by atoms with Crippen LogP contribution in [0.3, 0.4) is 0 Å². The summed E-state index contributed by atoms with van der Waals surface area (Å²) in [6.45, 7) is 3.25. The molecule has 35 heavy (non-hydrogen) atoms. The van der Waals surface area contributed by atoms with Gasteiger partial charge < -0.3 is 24.8 Å². The van der Waals surface area contributed by atoms with Gasteiger partial charge in [-0.25, -0.2) is 9.59 Å². The second kappa shape index (κ2) is 11.4. The summed E-state index contributed by atoms with van der Waals surface area (Å²) >= 11 is 0. The third-order valence-corrected chi connectivity index (χ3v) is 6.81. The predicted molar refractivity (Wildman–Crippen MR) is 130 cm³/mol. The molecule has 8 nitrogen and oxygen atoms in total. The van der Waals surface area contributed by atoms with Crippen LogP contribution in [0.4, 0.5) is 4.79 Å². The molecule has 0 radical (unpaired) electrons. The van der Waals surface area contributed by atoms with Crippen LogP contribution in [0.25, 0.3) is 11.1 Å². The molecule has 2 N–H and O–H groups in total. The van der Waals surface area contributed by atoms with E-state index in [1.165, 1.54) is 11.1 Å². The first-order valence-electron chi connectivity index (χ1n) is 12.1. The van der Waals surface area contributed by atoms with Crippen molar-refractivity contribution in [3.63, 3.8) is 0 Å². The maximum Gasteiger partial charge on any atom is 0.407 e. The maximum atomic E-state index is 12.7. The molecule has 1 heterocycles. The molecule has 0 spiro atoms. The van der Waals surface area contributed by atoms with E-state index in [1.807, 2.05) is 31.2 Å². The van der Waals surface area contributed by atoms with Crippen molar-refractivity contribution >= 4 is 18.0 Å². The predicted octanol–water partition coefficient (Wildman–Crippen LogP) is 3.64. The Balaban J connectivity index is 1.18. The van der Waals surface area contributed by atoms with Gasteiger partial charge in [-0.1, -0.05) is 55.5 Å². The van der Waals surface area contributed by atoms with Crippen molar-refractivity contribution in [2.45, 2.75) is 38.2 Å². The number of rotatable bonds is 9. The van der Waals surface area contributed by atoms with Gasteiger partial charge in [0.25, 0.3) is 0 Å². The number of alkyl carbamates (subject to hydrolysis) is 1. The molecule has 8 heteroatoms. The average molecular weight is 481 g/mol. The number of fused-ring (bicyclic) bond motifs is 3. The molecule has 1 aliphatic carbocycles. The summed E-state index contributed by atoms with van der Waals surface area (Å²) < 4.78 is 10.9. The molecular weight excluding hydrogens is 448 g/mol. The number of hydrogen-bond acceptors (Lipinski definition) is 5. The lowest BCUT2D eigenvalue weighted by atomic mass is 9.98. The minimum atomic E-state index is -0.985. The number of carbonyl (C=O) groups is 3. The number of likely N-dealkylation sites (tertiary alicyclic amines) is 1. The van der Waals surface area contributed by atoms with Crippen molar-refractivity contribution in [2.24, 2.45) is 5.92 Å². The van der Waals surface area contributed by atoms with Crippen molar-refractivity contribution in [1.82, 2.24) is 10.2 Å². The highest BCUT2D eigenvalue weighted by molar-refractivity contribution is 5.79. The number of ether oxygens (including phenoxy) is 2. The van der Waals surface area contributed by atoms with Crippen LogP contribution >= 0.6 is 0 Å². The Hall–Kier alpha value is -3.39. The van der Waals surface area contributed by atoms with Gasteiger partial charge in [-0.05, 0) is 41.5 Å². The van der Waals surface area contributed by atoms with Gasteiger partial charge in [0.2, 0.25) is 5.91 Å². The van der Waals surface area contributed by atoms with Crippen LogP contribution in [0.5, 0.6) is 0 Å². The van der Waals surface area contributed by atoms with Crippen LogP contribution < -0.4 is 5.32 Å². The van der Waals surface area contributed by atoms with E-state index in [9.17, 15) is 14.4 Å². The molecule has 2 aromatic carbocycles. The number of nitrogens with zero attached hydrogens (tertiary/aromatic N) is 1. The number of piperidine rings is 1. The molecule has 0 aromatic heterocycles. The van der Waals surface area contributed by atoms with Crippen molar-refractivity contribution < 1.29 is 29.0 Å². The van der Waals surface area contributed by atoms with E-state index >= 15 is 0 Å². The van der Waals surface area contributed by atoms with Crippen LogP contribution in [0.1, 0.15) is 43.2 Å². The van der Waals surface area contributed by atoms with E-state index in [-0.39, 0.29) is 37.1 Å². The number of carboxylic acid groups (broad SMARTS) is 1. The van der Waals surface area contributed by atoms with Gasteiger partial charge in [0.1, 0.15) is 13.2 Å². The van der Waals surface area contributed by atoms with Gasteiger partial charge in [-0.2, -0.15) is 0 Å². The second-order valence-electron chi connectivity index (χ2n) is 9.17. The molecule has 2 amide bonds. The van der Waals surface area contributed by atoms with Gasteiger partial charge in [0.15, 0.2) is 0 Å². The quantitative estimate of drug-likeness (QED) is 0.568. The minimum Gasteiger partial charge on any atom is -0.480 e. The lowest BCUT2D eigenvalue weighted by molar-refractivity contribution is -0.147. The summed E-state index contributed by atoms with van der Waals surface area (Å²) in [5.41, 5.74) is 4.69. The number of hydrogen-bond donors (Lipinski definition) is 2. The summed E-state index contributed by atoms with van der Waals surface area (Å²) in [6, 6.07) is 16.4. The van der Waals surface area contributed by atoms with E-state index in [0.717, 1.165) is 11.1 Å². The first-order chi connectivity index (χ1) is 16.9. The van der Waals surface area contributed by atoms with Crippen LogP contribution in [0.2, 0.25) is 0 Å². The first kappa shape index (κ1) is 24.7. The zero-order chi connectivity index (χ0) is 24.8. The van der Waals surface area contributed by atoms with Crippen molar-refractivity contribution in [3.05, 3.63) is 59.7 Å². The second-order valence-corrected chi connectivity index (χ2v) is 9.17. The van der Waals surface area contributed by atoms with Gasteiger partial charge >= 0.3 is 12.1 Å². The number of benzene rings is 2. The average Bonchev–Trinajstić information content (AvgIpc) is 3.19. The molecule has 1 aliphatic heterocycles. The van der Waals surface area contributed by atoms with Crippen molar-refractivity contribution in [2.75, 3.05) is 32.8 Å². The molecule has 2 aromatic rings. The lowest BCUT2D eigenvalue weighted by Gasteiger charge is -2.33.